The highest BCUT2D eigenvalue weighted by atomic mass is 15.3. The lowest BCUT2D eigenvalue weighted by molar-refractivity contribution is 0.691. The van der Waals surface area contributed by atoms with E-state index in [1.54, 1.807) is 0 Å². The van der Waals surface area contributed by atoms with Crippen LogP contribution >= 0.6 is 0 Å². The number of nitrogens with zero attached hydrogens (tertiary/aromatic N) is 2. The number of rotatable bonds is 4. The summed E-state index contributed by atoms with van der Waals surface area (Å²) in [6.45, 7) is 2.20. The van der Waals surface area contributed by atoms with Crippen molar-refractivity contribution in [1.82, 2.24) is 9.97 Å². The predicted molar refractivity (Wildman–Crippen MR) is 73.2 cm³/mol. The number of aromatic nitrogens is 2. The van der Waals surface area contributed by atoms with E-state index in [9.17, 15) is 0 Å². The van der Waals surface area contributed by atoms with Gasteiger partial charge in [0.25, 0.3) is 0 Å². The van der Waals surface area contributed by atoms with Crippen LogP contribution in [-0.4, -0.2) is 16.0 Å². The first kappa shape index (κ1) is 11.2. The smallest absolute Gasteiger partial charge is 0.239 e. The molecule has 18 heavy (non-hydrogen) atoms. The quantitative estimate of drug-likeness (QED) is 0.566. The van der Waals surface area contributed by atoms with Gasteiger partial charge < -0.3 is 5.32 Å². The van der Waals surface area contributed by atoms with E-state index in [2.05, 4.69) is 27.6 Å². The van der Waals surface area contributed by atoms with Gasteiger partial charge in [0.05, 0.1) is 5.52 Å². The molecule has 1 saturated carbocycles. The number of nitrogen functional groups attached to an aromatic ring is 1. The summed E-state index contributed by atoms with van der Waals surface area (Å²) in [4.78, 5) is 8.75. The van der Waals surface area contributed by atoms with Gasteiger partial charge in [0.2, 0.25) is 5.95 Å². The molecule has 0 bridgehead atoms. The number of hydrogen-bond acceptors (Lipinski definition) is 5. The molecule has 5 heteroatoms. The van der Waals surface area contributed by atoms with Gasteiger partial charge in [-0.05, 0) is 37.8 Å². The number of nitrogens with one attached hydrogen (secondary N) is 2. The summed E-state index contributed by atoms with van der Waals surface area (Å²) in [5, 5.41) is 4.51. The van der Waals surface area contributed by atoms with Crippen molar-refractivity contribution in [3.05, 3.63) is 24.3 Å². The van der Waals surface area contributed by atoms with E-state index in [1.165, 1.54) is 12.8 Å². The van der Waals surface area contributed by atoms with Crippen molar-refractivity contribution in [3.63, 3.8) is 0 Å². The third-order valence-corrected chi connectivity index (χ3v) is 3.43. The molecular formula is C13H17N5. The Morgan fingerprint density at radius 3 is 2.78 bits per heavy atom. The molecular weight excluding hydrogens is 226 g/mol. The molecule has 1 aliphatic carbocycles. The molecule has 1 aromatic heterocycles. The fraction of sp³-hybridized carbons (Fsp3) is 0.385. The van der Waals surface area contributed by atoms with E-state index in [4.69, 9.17) is 5.84 Å². The summed E-state index contributed by atoms with van der Waals surface area (Å²) in [5.74, 6) is 7.48. The molecule has 1 atom stereocenters. The second-order valence-electron chi connectivity index (χ2n) is 4.83. The van der Waals surface area contributed by atoms with E-state index < -0.39 is 0 Å². The van der Waals surface area contributed by atoms with Gasteiger partial charge in [0.15, 0.2) is 0 Å². The molecule has 94 valence electrons. The number of fused-ring (bicyclic) bond motifs is 1. The predicted octanol–water partition coefficient (Wildman–Crippen LogP) is 2.13. The Labute approximate surface area is 106 Å². The van der Waals surface area contributed by atoms with E-state index >= 15 is 0 Å². The maximum Gasteiger partial charge on any atom is 0.239 e. The van der Waals surface area contributed by atoms with Gasteiger partial charge in [-0.1, -0.05) is 12.1 Å². The first-order chi connectivity index (χ1) is 8.78. The zero-order chi connectivity index (χ0) is 12.5. The standard InChI is InChI=1S/C13H17N5/c1-8(9-6-7-9)15-12-10-4-2-3-5-11(10)16-13(17-12)18-14/h2-5,8-9H,6-7,14H2,1H3,(H2,15,16,17,18). The normalized spacial score (nSPS) is 16.6. The Morgan fingerprint density at radius 1 is 1.28 bits per heavy atom. The van der Waals surface area contributed by atoms with Crippen LogP contribution in [0.1, 0.15) is 19.8 Å². The lowest BCUT2D eigenvalue weighted by Gasteiger charge is -2.15. The molecule has 0 saturated heterocycles. The van der Waals surface area contributed by atoms with Crippen LogP contribution in [0, 0.1) is 5.92 Å². The molecule has 0 aliphatic heterocycles. The molecule has 1 fully saturated rings. The zero-order valence-electron chi connectivity index (χ0n) is 10.4. The summed E-state index contributed by atoms with van der Waals surface area (Å²) in [7, 11) is 0. The van der Waals surface area contributed by atoms with Crippen LogP contribution in [0.5, 0.6) is 0 Å². The fourth-order valence-corrected chi connectivity index (χ4v) is 2.18. The third-order valence-electron chi connectivity index (χ3n) is 3.43. The highest BCUT2D eigenvalue weighted by Crippen LogP contribution is 2.34. The van der Waals surface area contributed by atoms with Crippen LogP contribution in [0.3, 0.4) is 0 Å². The minimum atomic E-state index is 0.439. The Bertz CT molecular complexity index is 564. The maximum atomic E-state index is 5.41. The second kappa shape index (κ2) is 4.42. The number of hydrazine groups is 1. The van der Waals surface area contributed by atoms with Crippen molar-refractivity contribution in [3.8, 4) is 0 Å². The van der Waals surface area contributed by atoms with Gasteiger partial charge in [-0.15, -0.1) is 0 Å². The first-order valence-electron chi connectivity index (χ1n) is 6.28. The monoisotopic (exact) mass is 243 g/mol. The Hall–Kier alpha value is -1.88. The molecule has 1 unspecified atom stereocenters. The molecule has 1 aliphatic rings. The lowest BCUT2D eigenvalue weighted by Crippen LogP contribution is -2.19. The fourth-order valence-electron chi connectivity index (χ4n) is 2.18. The molecule has 0 amide bonds. The highest BCUT2D eigenvalue weighted by Gasteiger charge is 2.28. The minimum absolute atomic E-state index is 0.439. The summed E-state index contributed by atoms with van der Waals surface area (Å²) in [6, 6.07) is 8.38. The van der Waals surface area contributed by atoms with Crippen LogP contribution < -0.4 is 16.6 Å². The molecule has 3 rings (SSSR count). The van der Waals surface area contributed by atoms with Gasteiger partial charge in [0, 0.05) is 11.4 Å². The van der Waals surface area contributed by atoms with Crippen LogP contribution in [0.2, 0.25) is 0 Å². The van der Waals surface area contributed by atoms with Gasteiger partial charge in [0.1, 0.15) is 5.82 Å². The number of nitrogens with two attached hydrogens (primary N) is 1. The van der Waals surface area contributed by atoms with E-state index in [1.807, 2.05) is 24.3 Å². The number of anilines is 2. The van der Waals surface area contributed by atoms with Crippen molar-refractivity contribution >= 4 is 22.7 Å². The van der Waals surface area contributed by atoms with Crippen molar-refractivity contribution < 1.29 is 0 Å². The SMILES string of the molecule is CC(Nc1nc(NN)nc2ccccc12)C1CC1. The van der Waals surface area contributed by atoms with Crippen molar-refractivity contribution in [2.45, 2.75) is 25.8 Å². The van der Waals surface area contributed by atoms with Crippen LogP contribution in [0.25, 0.3) is 10.9 Å². The lowest BCUT2D eigenvalue weighted by atomic mass is 10.2. The highest BCUT2D eigenvalue weighted by molar-refractivity contribution is 5.90. The van der Waals surface area contributed by atoms with E-state index in [0.29, 0.717) is 12.0 Å². The molecule has 1 heterocycles. The van der Waals surface area contributed by atoms with Gasteiger partial charge in [-0.25, -0.2) is 10.8 Å². The Kier molecular flexibility index (Phi) is 2.76. The number of benzene rings is 1. The molecule has 0 spiro atoms. The largest absolute Gasteiger partial charge is 0.367 e. The third kappa shape index (κ3) is 2.09. The van der Waals surface area contributed by atoms with Gasteiger partial charge in [-0.3, -0.25) is 5.43 Å². The summed E-state index contributed by atoms with van der Waals surface area (Å²) >= 11 is 0. The number of para-hydroxylation sites is 1. The molecule has 2 aromatic rings. The maximum absolute atomic E-state index is 5.41. The Balaban J connectivity index is 2.01. The average Bonchev–Trinajstić information content (AvgIpc) is 3.22. The summed E-state index contributed by atoms with van der Waals surface area (Å²) in [5.41, 5.74) is 3.41. The topological polar surface area (TPSA) is 75.9 Å². The van der Waals surface area contributed by atoms with E-state index in [-0.39, 0.29) is 0 Å². The van der Waals surface area contributed by atoms with Crippen molar-refractivity contribution in [2.75, 3.05) is 10.7 Å². The first-order valence-corrected chi connectivity index (χ1v) is 6.28. The summed E-state index contributed by atoms with van der Waals surface area (Å²) in [6.07, 6.45) is 2.61. The summed E-state index contributed by atoms with van der Waals surface area (Å²) < 4.78 is 0. The second-order valence-corrected chi connectivity index (χ2v) is 4.83. The number of hydrogen-bond donors (Lipinski definition) is 3. The Morgan fingerprint density at radius 2 is 2.06 bits per heavy atom. The molecule has 1 aromatic carbocycles. The molecule has 4 N–H and O–H groups in total. The van der Waals surface area contributed by atoms with Crippen LogP contribution in [0.4, 0.5) is 11.8 Å². The van der Waals surface area contributed by atoms with Gasteiger partial charge >= 0.3 is 0 Å². The van der Waals surface area contributed by atoms with Crippen molar-refractivity contribution in [2.24, 2.45) is 11.8 Å². The molecule has 5 nitrogen and oxygen atoms in total. The zero-order valence-corrected chi connectivity index (χ0v) is 10.4. The average molecular weight is 243 g/mol. The van der Waals surface area contributed by atoms with Crippen LogP contribution in [0.15, 0.2) is 24.3 Å². The molecule has 0 radical (unpaired) electrons. The van der Waals surface area contributed by atoms with Crippen LogP contribution in [-0.2, 0) is 0 Å². The van der Waals surface area contributed by atoms with Crippen molar-refractivity contribution in [1.29, 1.82) is 0 Å². The minimum Gasteiger partial charge on any atom is -0.367 e. The van der Waals surface area contributed by atoms with E-state index in [0.717, 1.165) is 22.6 Å². The van der Waals surface area contributed by atoms with Gasteiger partial charge in [-0.2, -0.15) is 4.98 Å².